The standard InChI is InChI=1S/C9H18O2S.C9H18O.C8H16O2.C8H16O.C7H14O2S.C6H12O2S.C5H10O.2C2H6/c1-9(2,3)8-4-6-12(10,11)7-5-8;1-8(2,3)7-9(10)5-4-6-9;1-7(2,3)4-8(9)5-10-6-8;1-7(2,3)6-8(9)4-5-8;1-7(2,3)6-4-10(8,9)5-6;1-5-3-6(4-5)9(2,7)8;1-4-2-5(6)3-4;2*1-2/h8H,4-7H2,1-3H3;10H,4-7H2,1-3H3;9H,4-6H2,1-3H3;9H,4-6H2,1-3H3;6H,4-5H2,1-3H3;5-6H,3-4H2,1-2H3;4-6H,2-3H2,1H3;2*1-2H3. The zero-order chi connectivity index (χ0) is 55.8. The van der Waals surface area contributed by atoms with E-state index in [0.717, 1.165) is 89.4 Å². The van der Waals surface area contributed by atoms with Crippen LogP contribution in [0, 0.1) is 50.7 Å². The van der Waals surface area contributed by atoms with Gasteiger partial charge in [-0.05, 0) is 141 Å². The van der Waals surface area contributed by atoms with E-state index in [1.807, 2.05) is 27.7 Å². The van der Waals surface area contributed by atoms with Crippen molar-refractivity contribution in [2.24, 2.45) is 50.7 Å². The average Bonchev–Trinajstić information content (AvgIpc) is 3.82. The molecule has 4 aliphatic carbocycles. The second kappa shape index (κ2) is 28.7. The van der Waals surface area contributed by atoms with Gasteiger partial charge in [0, 0.05) is 6.26 Å². The summed E-state index contributed by atoms with van der Waals surface area (Å²) in [5.74, 6) is 3.99. The van der Waals surface area contributed by atoms with Crippen molar-refractivity contribution in [2.45, 2.75) is 263 Å². The van der Waals surface area contributed by atoms with Crippen LogP contribution in [0.3, 0.4) is 0 Å². The van der Waals surface area contributed by atoms with Gasteiger partial charge in [-0.25, -0.2) is 25.3 Å². The van der Waals surface area contributed by atoms with Crippen molar-refractivity contribution in [1.29, 1.82) is 0 Å². The number of hydrogen-bond donors (Lipinski definition) is 4. The predicted molar refractivity (Wildman–Crippen MR) is 298 cm³/mol. The lowest BCUT2D eigenvalue weighted by atomic mass is 9.71. The average molecular weight is 1060 g/mol. The van der Waals surface area contributed by atoms with Gasteiger partial charge in [-0.1, -0.05) is 145 Å². The summed E-state index contributed by atoms with van der Waals surface area (Å²) in [5, 5.41) is 37.4. The highest BCUT2D eigenvalue weighted by Crippen LogP contribution is 2.44. The number of aliphatic hydroxyl groups excluding tert-OH is 1. The minimum atomic E-state index is -2.70. The maximum absolute atomic E-state index is 11.1. The second-order valence-corrected chi connectivity index (χ2v) is 34.7. The van der Waals surface area contributed by atoms with Gasteiger partial charge in [-0.3, -0.25) is 0 Å². The molecule has 0 aromatic heterocycles. The molecule has 0 spiro atoms. The van der Waals surface area contributed by atoms with Crippen LogP contribution in [0.2, 0.25) is 0 Å². The molecule has 70 heavy (non-hydrogen) atoms. The van der Waals surface area contributed by atoms with Crippen molar-refractivity contribution in [3.05, 3.63) is 0 Å². The zero-order valence-corrected chi connectivity index (χ0v) is 51.9. The Morgan fingerprint density at radius 1 is 0.529 bits per heavy atom. The minimum absolute atomic E-state index is 0.0208. The lowest BCUT2D eigenvalue weighted by Crippen LogP contribution is -2.51. The summed E-state index contributed by atoms with van der Waals surface area (Å²) in [6.07, 6.45) is 14.9. The first-order valence-electron chi connectivity index (χ1n) is 27.2. The van der Waals surface area contributed by atoms with Gasteiger partial charge < -0.3 is 25.2 Å². The molecular weight excluding hydrogens is 945 g/mol. The van der Waals surface area contributed by atoms with Crippen molar-refractivity contribution < 1.29 is 50.4 Å². The fourth-order valence-electron chi connectivity index (χ4n) is 9.34. The Hall–Kier alpha value is -0.350. The monoisotopic (exact) mass is 1060 g/mol. The van der Waals surface area contributed by atoms with Gasteiger partial charge in [-0.15, -0.1) is 0 Å². The molecule has 0 aromatic rings. The quantitative estimate of drug-likeness (QED) is 0.209. The molecule has 0 aromatic carbocycles. The van der Waals surface area contributed by atoms with Crippen LogP contribution < -0.4 is 0 Å². The van der Waals surface area contributed by atoms with E-state index in [1.165, 1.54) is 12.7 Å². The van der Waals surface area contributed by atoms with Crippen molar-refractivity contribution in [2.75, 3.05) is 42.5 Å². The van der Waals surface area contributed by atoms with Gasteiger partial charge in [0.25, 0.3) is 0 Å². The van der Waals surface area contributed by atoms with E-state index in [0.29, 0.717) is 59.4 Å². The second-order valence-electron chi connectivity index (χ2n) is 27.9. The highest BCUT2D eigenvalue weighted by atomic mass is 32.2. The lowest BCUT2D eigenvalue weighted by Gasteiger charge is -2.41. The molecule has 14 heteroatoms. The maximum atomic E-state index is 11.1. The highest BCUT2D eigenvalue weighted by molar-refractivity contribution is 7.92. The van der Waals surface area contributed by atoms with E-state index in [-0.39, 0.29) is 44.2 Å². The Kier molecular flexibility index (Phi) is 29.4. The van der Waals surface area contributed by atoms with Crippen LogP contribution in [0.15, 0.2) is 0 Å². The number of sulfone groups is 3. The molecule has 11 nitrogen and oxygen atoms in total. The molecule has 0 bridgehead atoms. The molecular formula is C56H116O11S3. The molecule has 7 rings (SSSR count). The zero-order valence-electron chi connectivity index (χ0n) is 49.5. The van der Waals surface area contributed by atoms with Crippen molar-refractivity contribution in [1.82, 2.24) is 0 Å². The normalized spacial score (nSPS) is 26.7. The SMILES string of the molecule is CC.CC.CC(C)(C)C1CCS(=O)(=O)CC1.CC(C)(C)C1CS(=O)(=O)C1.CC(C)(C)CC1(O)CC1.CC(C)(C)CC1(O)CCC1.CC(C)(C)CC1(O)COC1.CC1CC(O)C1.CC1CC(S(C)(=O)=O)C1. The summed E-state index contributed by atoms with van der Waals surface area (Å²) in [4.78, 5) is 0. The molecule has 0 radical (unpaired) electrons. The number of rotatable bonds is 4. The highest BCUT2D eigenvalue weighted by Gasteiger charge is 2.43. The van der Waals surface area contributed by atoms with Crippen LogP contribution in [0.25, 0.3) is 0 Å². The Morgan fingerprint density at radius 2 is 0.857 bits per heavy atom. The van der Waals surface area contributed by atoms with Gasteiger partial charge in [0.2, 0.25) is 0 Å². The summed E-state index contributed by atoms with van der Waals surface area (Å²) in [7, 11) is -7.99. The first-order chi connectivity index (χ1) is 31.2. The number of hydrogen-bond acceptors (Lipinski definition) is 11. The smallest absolute Gasteiger partial charge is 0.150 e. The van der Waals surface area contributed by atoms with Crippen LogP contribution in [-0.2, 0) is 34.2 Å². The topological polar surface area (TPSA) is 193 Å². The predicted octanol–water partition coefficient (Wildman–Crippen LogP) is 12.1. The van der Waals surface area contributed by atoms with Gasteiger partial charge in [0.05, 0.1) is 58.8 Å². The van der Waals surface area contributed by atoms with Crippen molar-refractivity contribution in [3.8, 4) is 0 Å². The lowest BCUT2D eigenvalue weighted by molar-refractivity contribution is -0.192. The van der Waals surface area contributed by atoms with Crippen molar-refractivity contribution >= 4 is 29.5 Å². The van der Waals surface area contributed by atoms with Crippen LogP contribution in [-0.4, -0.2) is 116 Å². The molecule has 3 heterocycles. The summed E-state index contributed by atoms with van der Waals surface area (Å²) >= 11 is 0. The van der Waals surface area contributed by atoms with E-state index < -0.39 is 35.1 Å². The van der Waals surface area contributed by atoms with Crippen LogP contribution >= 0.6 is 0 Å². The van der Waals surface area contributed by atoms with E-state index in [4.69, 9.17) is 9.84 Å². The van der Waals surface area contributed by atoms with Crippen molar-refractivity contribution in [3.63, 3.8) is 0 Å². The summed E-state index contributed by atoms with van der Waals surface area (Å²) in [5.41, 5.74) is 0.162. The summed E-state index contributed by atoms with van der Waals surface area (Å²) in [6.45, 7) is 45.6. The molecule has 0 unspecified atom stereocenters. The fourth-order valence-corrected chi connectivity index (χ4v) is 14.3. The van der Waals surface area contributed by atoms with E-state index in [2.05, 4.69) is 118 Å². The molecule has 4 N–H and O–H groups in total. The molecule has 4 saturated carbocycles. The summed E-state index contributed by atoms with van der Waals surface area (Å²) < 4.78 is 70.2. The number of aliphatic hydroxyl groups is 4. The molecule has 7 fully saturated rings. The number of ether oxygens (including phenoxy) is 1. The van der Waals surface area contributed by atoms with Crippen LogP contribution in [0.4, 0.5) is 0 Å². The summed E-state index contributed by atoms with van der Waals surface area (Å²) in [6, 6.07) is 0. The third-order valence-electron chi connectivity index (χ3n) is 13.6. The Labute approximate surface area is 434 Å². The Balaban J connectivity index is 0. The maximum Gasteiger partial charge on any atom is 0.150 e. The van der Waals surface area contributed by atoms with E-state index in [9.17, 15) is 40.6 Å². The Morgan fingerprint density at radius 3 is 0.986 bits per heavy atom. The molecule has 0 atom stereocenters. The molecule has 3 saturated heterocycles. The van der Waals surface area contributed by atoms with Gasteiger partial charge in [-0.2, -0.15) is 0 Å². The van der Waals surface area contributed by atoms with E-state index in [1.54, 1.807) is 0 Å². The minimum Gasteiger partial charge on any atom is -0.393 e. The first kappa shape index (κ1) is 71.7. The van der Waals surface area contributed by atoms with Crippen LogP contribution in [0.1, 0.15) is 235 Å². The largest absolute Gasteiger partial charge is 0.393 e. The molecule has 0 amide bonds. The fraction of sp³-hybridized carbons (Fsp3) is 1.00. The third kappa shape index (κ3) is 33.5. The van der Waals surface area contributed by atoms with Gasteiger partial charge >= 0.3 is 0 Å². The van der Waals surface area contributed by atoms with Gasteiger partial charge in [0.1, 0.15) is 25.3 Å². The van der Waals surface area contributed by atoms with Gasteiger partial charge in [0.15, 0.2) is 9.84 Å². The van der Waals surface area contributed by atoms with Crippen LogP contribution in [0.5, 0.6) is 0 Å². The Bertz CT molecular complexity index is 1700. The first-order valence-corrected chi connectivity index (χ1v) is 32.8. The molecule has 7 aliphatic rings. The van der Waals surface area contributed by atoms with E-state index >= 15 is 0 Å². The molecule has 3 aliphatic heterocycles. The third-order valence-corrected chi connectivity index (χ3v) is 18.8. The molecule has 424 valence electrons.